The Balaban J connectivity index is 2.00. The lowest BCUT2D eigenvalue weighted by atomic mass is 10.1. The van der Waals surface area contributed by atoms with Gasteiger partial charge in [0.15, 0.2) is 0 Å². The SMILES string of the molecule is O=[N+]([O-])c1ccccc1CSCc1ccc(C(F)F)c(Br)c1. The summed E-state index contributed by atoms with van der Waals surface area (Å²) < 4.78 is 25.7. The molecule has 0 bridgehead atoms. The van der Waals surface area contributed by atoms with Crippen molar-refractivity contribution in [2.24, 2.45) is 0 Å². The monoisotopic (exact) mass is 387 g/mol. The summed E-state index contributed by atoms with van der Waals surface area (Å²) in [6, 6.07) is 11.3. The van der Waals surface area contributed by atoms with Crippen molar-refractivity contribution in [2.45, 2.75) is 17.9 Å². The van der Waals surface area contributed by atoms with Crippen molar-refractivity contribution in [2.75, 3.05) is 0 Å². The molecule has 0 aliphatic heterocycles. The van der Waals surface area contributed by atoms with Gasteiger partial charge < -0.3 is 0 Å². The zero-order valence-corrected chi connectivity index (χ0v) is 13.7. The van der Waals surface area contributed by atoms with E-state index in [0.717, 1.165) is 5.56 Å². The van der Waals surface area contributed by atoms with Crippen molar-refractivity contribution < 1.29 is 13.7 Å². The van der Waals surface area contributed by atoms with Crippen LogP contribution in [0.25, 0.3) is 0 Å². The fourth-order valence-corrected chi connectivity index (χ4v) is 3.51. The third kappa shape index (κ3) is 4.27. The number of benzene rings is 2. The van der Waals surface area contributed by atoms with E-state index >= 15 is 0 Å². The van der Waals surface area contributed by atoms with Crippen LogP contribution in [0.15, 0.2) is 46.9 Å². The highest BCUT2D eigenvalue weighted by Gasteiger charge is 2.13. The molecule has 0 saturated carbocycles. The smallest absolute Gasteiger partial charge is 0.258 e. The molecular formula is C15H12BrF2NO2S. The van der Waals surface area contributed by atoms with Gasteiger partial charge >= 0.3 is 0 Å². The molecule has 116 valence electrons. The topological polar surface area (TPSA) is 43.1 Å². The molecule has 0 amide bonds. The first-order chi connectivity index (χ1) is 10.5. The standard InChI is InChI=1S/C15H12BrF2NO2S/c16-13-7-10(5-6-12(13)15(17)18)8-22-9-11-3-1-2-4-14(11)19(20)21/h1-7,15H,8-9H2. The molecule has 7 heteroatoms. The fourth-order valence-electron chi connectivity index (χ4n) is 1.93. The van der Waals surface area contributed by atoms with E-state index in [0.29, 0.717) is 21.5 Å². The minimum Gasteiger partial charge on any atom is -0.258 e. The van der Waals surface area contributed by atoms with Crippen LogP contribution in [0.4, 0.5) is 14.5 Å². The number of para-hydroxylation sites is 1. The Labute approximate surface area is 139 Å². The summed E-state index contributed by atoms with van der Waals surface area (Å²) in [4.78, 5) is 10.5. The largest absolute Gasteiger partial charge is 0.273 e. The van der Waals surface area contributed by atoms with Crippen molar-refractivity contribution in [3.05, 3.63) is 73.7 Å². The molecule has 0 radical (unpaired) electrons. The highest BCUT2D eigenvalue weighted by molar-refractivity contribution is 9.10. The molecule has 0 N–H and O–H groups in total. The van der Waals surface area contributed by atoms with E-state index in [-0.39, 0.29) is 11.3 Å². The molecule has 0 spiro atoms. The second kappa shape index (κ2) is 7.69. The van der Waals surface area contributed by atoms with Crippen LogP contribution in [-0.4, -0.2) is 4.92 Å². The van der Waals surface area contributed by atoms with Crippen LogP contribution in [0.5, 0.6) is 0 Å². The van der Waals surface area contributed by atoms with Crippen LogP contribution in [0.2, 0.25) is 0 Å². The van der Waals surface area contributed by atoms with Crippen molar-refractivity contribution in [1.82, 2.24) is 0 Å². The molecule has 0 saturated heterocycles. The number of thioether (sulfide) groups is 1. The van der Waals surface area contributed by atoms with Crippen molar-refractivity contribution >= 4 is 33.4 Å². The normalized spacial score (nSPS) is 10.9. The van der Waals surface area contributed by atoms with Gasteiger partial charge in [0.1, 0.15) is 0 Å². The number of nitrogens with zero attached hydrogens (tertiary/aromatic N) is 1. The summed E-state index contributed by atoms with van der Waals surface area (Å²) in [5, 5.41) is 10.9. The van der Waals surface area contributed by atoms with E-state index in [4.69, 9.17) is 0 Å². The number of nitro groups is 1. The van der Waals surface area contributed by atoms with Gasteiger partial charge in [-0.1, -0.05) is 46.3 Å². The highest BCUT2D eigenvalue weighted by Crippen LogP contribution is 2.30. The summed E-state index contributed by atoms with van der Waals surface area (Å²) in [6.45, 7) is 0. The Bertz CT molecular complexity index is 682. The molecule has 22 heavy (non-hydrogen) atoms. The first-order valence-electron chi connectivity index (χ1n) is 6.35. The van der Waals surface area contributed by atoms with Crippen molar-refractivity contribution in [3.8, 4) is 0 Å². The van der Waals surface area contributed by atoms with Gasteiger partial charge in [0, 0.05) is 33.2 Å². The maximum absolute atomic E-state index is 12.7. The molecule has 0 atom stereocenters. The first-order valence-corrected chi connectivity index (χ1v) is 8.30. The van der Waals surface area contributed by atoms with E-state index in [1.165, 1.54) is 23.9 Å². The van der Waals surface area contributed by atoms with Crippen LogP contribution in [0, 0.1) is 10.1 Å². The minimum atomic E-state index is -2.51. The van der Waals surface area contributed by atoms with Gasteiger partial charge in [-0.3, -0.25) is 10.1 Å². The third-order valence-corrected chi connectivity index (χ3v) is 4.75. The molecule has 0 unspecified atom stereocenters. The molecule has 2 aromatic carbocycles. The van der Waals surface area contributed by atoms with E-state index in [1.807, 2.05) is 0 Å². The lowest BCUT2D eigenvalue weighted by molar-refractivity contribution is -0.385. The zero-order valence-electron chi connectivity index (χ0n) is 11.3. The Kier molecular flexibility index (Phi) is 5.90. The zero-order chi connectivity index (χ0) is 16.1. The average Bonchev–Trinajstić information content (AvgIpc) is 2.47. The summed E-state index contributed by atoms with van der Waals surface area (Å²) in [7, 11) is 0. The van der Waals surface area contributed by atoms with Gasteiger partial charge in [-0.25, -0.2) is 8.78 Å². The molecule has 0 aliphatic carbocycles. The number of nitro benzene ring substituents is 1. The first kappa shape index (κ1) is 16.9. The summed E-state index contributed by atoms with van der Waals surface area (Å²) in [5.41, 5.74) is 1.61. The molecule has 2 aromatic rings. The number of halogens is 3. The second-order valence-electron chi connectivity index (χ2n) is 4.54. The predicted octanol–water partition coefficient (Wildman–Crippen LogP) is 5.73. The number of alkyl halides is 2. The van der Waals surface area contributed by atoms with Crippen LogP contribution in [0.1, 0.15) is 23.1 Å². The Morgan fingerprint density at radius 2 is 1.91 bits per heavy atom. The molecule has 0 fully saturated rings. The quantitative estimate of drug-likeness (QED) is 0.469. The van der Waals surface area contributed by atoms with E-state index in [1.54, 1.807) is 30.3 Å². The predicted molar refractivity (Wildman–Crippen MR) is 87.2 cm³/mol. The molecule has 0 aromatic heterocycles. The summed E-state index contributed by atoms with van der Waals surface area (Å²) >= 11 is 4.64. The maximum atomic E-state index is 12.7. The van der Waals surface area contributed by atoms with Gasteiger partial charge in [0.2, 0.25) is 0 Å². The Morgan fingerprint density at radius 3 is 2.55 bits per heavy atom. The van der Waals surface area contributed by atoms with Crippen LogP contribution < -0.4 is 0 Å². The minimum absolute atomic E-state index is 0.0348. The van der Waals surface area contributed by atoms with Gasteiger partial charge in [0.05, 0.1) is 4.92 Å². The molecular weight excluding hydrogens is 376 g/mol. The molecule has 0 aliphatic rings. The molecule has 0 heterocycles. The van der Waals surface area contributed by atoms with E-state index in [9.17, 15) is 18.9 Å². The lowest BCUT2D eigenvalue weighted by Gasteiger charge is -2.07. The molecule has 2 rings (SSSR count). The number of hydrogen-bond donors (Lipinski definition) is 0. The average molecular weight is 388 g/mol. The van der Waals surface area contributed by atoms with Crippen molar-refractivity contribution in [3.63, 3.8) is 0 Å². The van der Waals surface area contributed by atoms with Gasteiger partial charge in [0.25, 0.3) is 12.1 Å². The van der Waals surface area contributed by atoms with E-state index in [2.05, 4.69) is 15.9 Å². The van der Waals surface area contributed by atoms with Crippen molar-refractivity contribution in [1.29, 1.82) is 0 Å². The van der Waals surface area contributed by atoms with Gasteiger partial charge in [-0.05, 0) is 11.6 Å². The van der Waals surface area contributed by atoms with E-state index < -0.39 is 11.3 Å². The second-order valence-corrected chi connectivity index (χ2v) is 6.38. The lowest BCUT2D eigenvalue weighted by Crippen LogP contribution is -1.94. The summed E-state index contributed by atoms with van der Waals surface area (Å²) in [5.74, 6) is 1.08. The molecule has 3 nitrogen and oxygen atoms in total. The van der Waals surface area contributed by atoms with Gasteiger partial charge in [-0.15, -0.1) is 0 Å². The Hall–Kier alpha value is -1.47. The fraction of sp³-hybridized carbons (Fsp3) is 0.200. The number of hydrogen-bond acceptors (Lipinski definition) is 3. The van der Waals surface area contributed by atoms with Crippen LogP contribution in [-0.2, 0) is 11.5 Å². The van der Waals surface area contributed by atoms with Crippen LogP contribution in [0.3, 0.4) is 0 Å². The number of rotatable bonds is 6. The summed E-state index contributed by atoms with van der Waals surface area (Å²) in [6.07, 6.45) is -2.51. The highest BCUT2D eigenvalue weighted by atomic mass is 79.9. The maximum Gasteiger partial charge on any atom is 0.273 e. The Morgan fingerprint density at radius 1 is 1.18 bits per heavy atom. The van der Waals surface area contributed by atoms with Crippen LogP contribution >= 0.6 is 27.7 Å². The third-order valence-electron chi connectivity index (χ3n) is 3.01. The van der Waals surface area contributed by atoms with Gasteiger partial charge in [-0.2, -0.15) is 11.8 Å².